The van der Waals surface area contributed by atoms with Crippen molar-refractivity contribution < 1.29 is 56.0 Å². The summed E-state index contributed by atoms with van der Waals surface area (Å²) in [5.74, 6) is -2.07. The summed E-state index contributed by atoms with van der Waals surface area (Å²) in [7, 11) is -5.31. The molecule has 362 valence electrons. The van der Waals surface area contributed by atoms with E-state index >= 15 is 0 Å². The second-order valence-corrected chi connectivity index (χ2v) is 18.1. The number of amides is 1. The van der Waals surface area contributed by atoms with Crippen molar-refractivity contribution in [1.82, 2.24) is 5.32 Å². The van der Waals surface area contributed by atoms with Crippen LogP contribution in [0, 0.1) is 0 Å². The molecule has 4 unspecified atom stereocenters. The van der Waals surface area contributed by atoms with Crippen molar-refractivity contribution in [2.45, 2.75) is 211 Å². The van der Waals surface area contributed by atoms with Crippen molar-refractivity contribution in [1.29, 1.82) is 0 Å². The normalized spacial score (nSPS) is 13.9. The van der Waals surface area contributed by atoms with Crippen molar-refractivity contribution in [2.24, 2.45) is 0 Å². The van der Waals surface area contributed by atoms with Crippen molar-refractivity contribution >= 4 is 34.5 Å². The van der Waals surface area contributed by atoms with Gasteiger partial charge in [0.2, 0.25) is 5.91 Å². The molecular weight excluding hydrogens is 839 g/mol. The number of benzene rings is 2. The first-order valence-electron chi connectivity index (χ1n) is 24.1. The Hall–Kier alpha value is -3.69. The molecule has 0 bridgehead atoms. The second-order valence-electron chi connectivity index (χ2n) is 17.1. The average Bonchev–Trinajstić information content (AvgIpc) is 3.28. The molecule has 2 aromatic rings. The number of aliphatic hydroxyl groups excluding tert-OH is 2. The highest BCUT2D eigenvalue weighted by atomic mass is 32.3. The molecule has 0 saturated carbocycles. The van der Waals surface area contributed by atoms with Crippen LogP contribution >= 0.6 is 0 Å². The van der Waals surface area contributed by atoms with Crippen LogP contribution in [-0.4, -0.2) is 84.4 Å². The summed E-state index contributed by atoms with van der Waals surface area (Å²) in [6.07, 6.45) is 15.7. The van der Waals surface area contributed by atoms with E-state index in [0.717, 1.165) is 96.3 Å². The lowest BCUT2D eigenvalue weighted by molar-refractivity contribution is -0.164. The summed E-state index contributed by atoms with van der Waals surface area (Å²) in [4.78, 5) is 52.2. The van der Waals surface area contributed by atoms with Crippen LogP contribution < -0.4 is 5.32 Å². The summed E-state index contributed by atoms with van der Waals surface area (Å²) < 4.78 is 49.1. The molecule has 0 aliphatic heterocycles. The summed E-state index contributed by atoms with van der Waals surface area (Å²) in [6, 6.07) is 18.8. The van der Waals surface area contributed by atoms with Crippen LogP contribution in [0.25, 0.3) is 0 Å². The third-order valence-corrected chi connectivity index (χ3v) is 11.9. The van der Waals surface area contributed by atoms with E-state index in [1.54, 1.807) is 0 Å². The van der Waals surface area contributed by atoms with Gasteiger partial charge in [-0.15, -0.1) is 0 Å². The van der Waals surface area contributed by atoms with Gasteiger partial charge in [-0.2, -0.15) is 8.42 Å². The summed E-state index contributed by atoms with van der Waals surface area (Å²) in [5.41, 5.74) is 2.61. The number of hydrogen-bond acceptors (Lipinski definition) is 11. The maximum absolute atomic E-state index is 13.6. The number of aldehydes is 1. The van der Waals surface area contributed by atoms with Gasteiger partial charge in [-0.1, -0.05) is 170 Å². The van der Waals surface area contributed by atoms with Crippen LogP contribution in [-0.2, 0) is 56.1 Å². The Labute approximate surface area is 383 Å². The van der Waals surface area contributed by atoms with Gasteiger partial charge >= 0.3 is 22.3 Å². The molecule has 1 amide bonds. The molecule has 14 heteroatoms. The highest BCUT2D eigenvalue weighted by Crippen LogP contribution is 2.20. The average molecular weight is 918 g/mol. The Bertz CT molecular complexity index is 1630. The van der Waals surface area contributed by atoms with Gasteiger partial charge in [0, 0.05) is 12.8 Å². The smallest absolute Gasteiger partial charge is 0.397 e. The number of carbonyl (C=O) groups is 4. The number of unbranched alkanes of at least 4 members (excludes halogenated alkanes) is 18. The molecule has 0 aromatic heterocycles. The fourth-order valence-corrected chi connectivity index (χ4v) is 8.33. The van der Waals surface area contributed by atoms with Crippen LogP contribution in [0.15, 0.2) is 60.7 Å². The third kappa shape index (κ3) is 28.3. The summed E-state index contributed by atoms with van der Waals surface area (Å²) >= 11 is 0. The maximum Gasteiger partial charge on any atom is 0.397 e. The zero-order chi connectivity index (χ0) is 46.7. The minimum Gasteiger partial charge on any atom is -0.462 e. The van der Waals surface area contributed by atoms with Crippen LogP contribution in [0.5, 0.6) is 0 Å². The van der Waals surface area contributed by atoms with Gasteiger partial charge in [0.1, 0.15) is 30.6 Å². The molecule has 2 rings (SSSR count). The fraction of sp³-hybridized carbons (Fsp3) is 0.680. The molecule has 0 heterocycles. The van der Waals surface area contributed by atoms with Gasteiger partial charge in [0.25, 0.3) is 0 Å². The van der Waals surface area contributed by atoms with Crippen LogP contribution in [0.1, 0.15) is 179 Å². The predicted molar refractivity (Wildman–Crippen MR) is 249 cm³/mol. The molecule has 13 nitrogen and oxygen atoms in total. The van der Waals surface area contributed by atoms with E-state index in [0.29, 0.717) is 32.1 Å². The van der Waals surface area contributed by atoms with Crippen molar-refractivity contribution in [3.8, 4) is 0 Å². The first kappa shape index (κ1) is 56.4. The topological polar surface area (TPSA) is 203 Å². The van der Waals surface area contributed by atoms with Gasteiger partial charge in [0.15, 0.2) is 6.10 Å². The zero-order valence-corrected chi connectivity index (χ0v) is 39.3. The monoisotopic (exact) mass is 918 g/mol. The standard InChI is InChI=1S/C50H79NO12S/c1-2-3-4-5-6-7-8-15-26-35-43(61-47(56)36-27-16-11-9-13-20-29-41-31-22-18-23-32-41)38-46(55)51-44(39-52)49(50(45(54)40-53)63-64(58,59)60)62-48(57)37-28-17-12-10-14-21-30-42-33-24-19-25-34-42/h18-19,22-25,31-34,39,43-45,49-50,53-54H,2-17,20-21,26-30,35-38,40H2,1H3,(H,51,55)(H,58,59,60)/t43-,44?,45?,49?,50?/m0/s1. The number of ether oxygens (including phenoxy) is 2. The van der Waals surface area contributed by atoms with Gasteiger partial charge in [-0.25, -0.2) is 4.18 Å². The number of rotatable bonds is 40. The molecule has 5 atom stereocenters. The number of hydrogen-bond donors (Lipinski definition) is 4. The van der Waals surface area contributed by atoms with Gasteiger partial charge < -0.3 is 29.8 Å². The van der Waals surface area contributed by atoms with Crippen LogP contribution in [0.3, 0.4) is 0 Å². The van der Waals surface area contributed by atoms with Crippen LogP contribution in [0.2, 0.25) is 0 Å². The van der Waals surface area contributed by atoms with E-state index in [-0.39, 0.29) is 25.5 Å². The Balaban J connectivity index is 2.00. The molecule has 0 aliphatic carbocycles. The van der Waals surface area contributed by atoms with E-state index in [4.69, 9.17) is 9.47 Å². The predicted octanol–water partition coefficient (Wildman–Crippen LogP) is 9.29. The van der Waals surface area contributed by atoms with E-state index < -0.39 is 65.3 Å². The van der Waals surface area contributed by atoms with E-state index in [9.17, 15) is 42.4 Å². The molecule has 0 aliphatic rings. The van der Waals surface area contributed by atoms with E-state index in [2.05, 4.69) is 40.7 Å². The third-order valence-electron chi connectivity index (χ3n) is 11.4. The molecule has 0 spiro atoms. The van der Waals surface area contributed by atoms with Gasteiger partial charge in [0.05, 0.1) is 13.0 Å². The lowest BCUT2D eigenvalue weighted by Gasteiger charge is -2.32. The fourth-order valence-electron chi connectivity index (χ4n) is 7.81. The first-order valence-corrected chi connectivity index (χ1v) is 25.5. The highest BCUT2D eigenvalue weighted by Gasteiger charge is 2.41. The lowest BCUT2D eigenvalue weighted by atomic mass is 10.0. The Morgan fingerprint density at radius 2 is 1.06 bits per heavy atom. The SMILES string of the molecule is CCCCCCCCCCC[C@@H](CC(=O)NC(C=O)C(OC(=O)CCCCCCCCc1ccccc1)C(OS(=O)(=O)O)C(O)CO)OC(=O)CCCCCCCCc1ccccc1. The minimum absolute atomic E-state index is 0.126. The van der Waals surface area contributed by atoms with E-state index in [1.165, 1.54) is 36.8 Å². The second kappa shape index (κ2) is 35.6. The van der Waals surface area contributed by atoms with Crippen molar-refractivity contribution in [3.63, 3.8) is 0 Å². The Morgan fingerprint density at radius 1 is 0.625 bits per heavy atom. The van der Waals surface area contributed by atoms with Crippen LogP contribution in [0.4, 0.5) is 0 Å². The number of esters is 2. The summed E-state index contributed by atoms with van der Waals surface area (Å²) in [5, 5.41) is 22.7. The van der Waals surface area contributed by atoms with Gasteiger partial charge in [-0.05, 0) is 62.5 Å². The molecule has 2 aromatic carbocycles. The Morgan fingerprint density at radius 3 is 1.52 bits per heavy atom. The number of carbonyl (C=O) groups excluding carboxylic acids is 4. The first-order chi connectivity index (χ1) is 30.9. The van der Waals surface area contributed by atoms with Crippen molar-refractivity contribution in [3.05, 3.63) is 71.8 Å². The highest BCUT2D eigenvalue weighted by molar-refractivity contribution is 7.80. The number of nitrogens with one attached hydrogen (secondary N) is 1. The minimum atomic E-state index is -5.31. The molecule has 64 heavy (non-hydrogen) atoms. The largest absolute Gasteiger partial charge is 0.462 e. The molecule has 4 N–H and O–H groups in total. The molecular formula is C50H79NO12S. The lowest BCUT2D eigenvalue weighted by Crippen LogP contribution is -2.56. The molecule has 0 radical (unpaired) electrons. The van der Waals surface area contributed by atoms with E-state index in [1.807, 2.05) is 36.4 Å². The van der Waals surface area contributed by atoms with Gasteiger partial charge in [-0.3, -0.25) is 18.9 Å². The molecule has 0 saturated heterocycles. The zero-order valence-electron chi connectivity index (χ0n) is 38.5. The number of aliphatic hydroxyl groups is 2. The quantitative estimate of drug-likeness (QED) is 0.0214. The summed E-state index contributed by atoms with van der Waals surface area (Å²) in [6.45, 7) is 1.09. The Kier molecular flexibility index (Phi) is 31.4. The van der Waals surface area contributed by atoms with Crippen molar-refractivity contribution in [2.75, 3.05) is 6.61 Å². The maximum atomic E-state index is 13.6. The molecule has 0 fully saturated rings. The number of aryl methyl sites for hydroxylation is 2.